The summed E-state index contributed by atoms with van der Waals surface area (Å²) in [6.07, 6.45) is 23.3. The van der Waals surface area contributed by atoms with Crippen molar-refractivity contribution in [1.82, 2.24) is 39.9 Å². The number of rotatable bonds is 22. The summed E-state index contributed by atoms with van der Waals surface area (Å²) < 4.78 is 23.5. The third kappa shape index (κ3) is 13.9. The van der Waals surface area contributed by atoms with Crippen LogP contribution in [0.5, 0.6) is 23.0 Å². The highest BCUT2D eigenvalue weighted by Gasteiger charge is 2.24. The maximum absolute atomic E-state index is 5.88. The quantitative estimate of drug-likeness (QED) is 0.0490. The SMILES string of the molecule is C=CCOc1ccc(-c2c3nc(c(-c4ccc(OCC=C)cc4)c4ccc([nH]4)c(-c4ccc(OCC=C)cc4)c4nc(c(-c5ccc(OCC=C)cc5)c5ccc2[nH]5)C=C4)C=C3)cc1.C=Cc1c(C)c2cc3[nH]c(cc4nc(cc5nc(cc1[nH]2)C(C)=C5CCC)C(CCC)=C4C)c(C)c3C=C. The van der Waals surface area contributed by atoms with E-state index in [9.17, 15) is 0 Å². The van der Waals surface area contributed by atoms with Gasteiger partial charge in [0, 0.05) is 77.5 Å². The number of H-pyrrole nitrogens is 4. The lowest BCUT2D eigenvalue weighted by molar-refractivity contribution is 0.363. The first kappa shape index (κ1) is 68.3. The van der Waals surface area contributed by atoms with E-state index in [1.165, 1.54) is 27.9 Å². The number of aryl methyl sites for hydroxylation is 2. The van der Waals surface area contributed by atoms with Crippen molar-refractivity contribution in [2.45, 2.75) is 67.2 Å². The molecule has 6 aromatic heterocycles. The Labute approximate surface area is 596 Å². The number of hydrogen-bond donors (Lipinski definition) is 4. The van der Waals surface area contributed by atoms with E-state index in [4.69, 9.17) is 38.9 Å². The van der Waals surface area contributed by atoms with E-state index in [0.29, 0.717) is 26.4 Å². The average molecular weight is 1340 g/mol. The van der Waals surface area contributed by atoms with Gasteiger partial charge in [-0.15, -0.1) is 0 Å². The molecule has 12 nitrogen and oxygen atoms in total. The van der Waals surface area contributed by atoms with E-state index in [1.807, 2.05) is 60.7 Å². The molecule has 14 rings (SSSR count). The van der Waals surface area contributed by atoms with Crippen molar-refractivity contribution < 1.29 is 18.9 Å². The summed E-state index contributed by atoms with van der Waals surface area (Å²) in [5.74, 6) is 3.01. The van der Waals surface area contributed by atoms with Crippen LogP contribution in [0.15, 0.2) is 209 Å². The topological polar surface area (TPSA) is 152 Å². The van der Waals surface area contributed by atoms with Crippen molar-refractivity contribution in [2.75, 3.05) is 26.4 Å². The summed E-state index contributed by atoms with van der Waals surface area (Å²) in [7, 11) is 0. The van der Waals surface area contributed by atoms with Crippen LogP contribution in [0.4, 0.5) is 0 Å². The molecule has 0 radical (unpaired) electrons. The Morgan fingerprint density at radius 3 is 0.902 bits per heavy atom. The molecule has 0 saturated carbocycles. The number of ether oxygens (including phenoxy) is 4. The van der Waals surface area contributed by atoms with Crippen LogP contribution in [0.2, 0.25) is 0 Å². The number of hydrogen-bond acceptors (Lipinski definition) is 8. The molecule has 4 aliphatic heterocycles. The highest BCUT2D eigenvalue weighted by Crippen LogP contribution is 2.42. The zero-order chi connectivity index (χ0) is 71.0. The van der Waals surface area contributed by atoms with Crippen molar-refractivity contribution in [1.29, 1.82) is 0 Å². The van der Waals surface area contributed by atoms with Crippen LogP contribution >= 0.6 is 0 Å². The minimum atomic E-state index is 0.415. The molecular weight excluding hydrogens is 1260 g/mol. The van der Waals surface area contributed by atoms with Gasteiger partial charge in [-0.1, -0.05) is 151 Å². The zero-order valence-corrected chi connectivity index (χ0v) is 59.0. The number of allylic oxidation sites excluding steroid dienone is 4. The molecule has 0 fully saturated rings. The highest BCUT2D eigenvalue weighted by atomic mass is 16.5. The van der Waals surface area contributed by atoms with Crippen LogP contribution in [-0.2, 0) is 0 Å². The Balaban J connectivity index is 0.000000208. The predicted octanol–water partition coefficient (Wildman–Crippen LogP) is 23.3. The Kier molecular flexibility index (Phi) is 20.4. The van der Waals surface area contributed by atoms with Gasteiger partial charge >= 0.3 is 0 Å². The van der Waals surface area contributed by atoms with E-state index >= 15 is 0 Å². The van der Waals surface area contributed by atoms with Gasteiger partial charge in [0.05, 0.1) is 45.6 Å². The summed E-state index contributed by atoms with van der Waals surface area (Å²) >= 11 is 0. The van der Waals surface area contributed by atoms with Crippen LogP contribution in [0.25, 0.3) is 147 Å². The fourth-order valence-corrected chi connectivity index (χ4v) is 13.7. The molecule has 508 valence electrons. The van der Waals surface area contributed by atoms with E-state index in [1.54, 1.807) is 24.3 Å². The fourth-order valence-electron chi connectivity index (χ4n) is 13.7. The molecule has 0 spiro atoms. The maximum atomic E-state index is 5.88. The largest absolute Gasteiger partial charge is 0.490 e. The third-order valence-corrected chi connectivity index (χ3v) is 18.8. The van der Waals surface area contributed by atoms with E-state index in [0.717, 1.165) is 200 Å². The summed E-state index contributed by atoms with van der Waals surface area (Å²) in [5.41, 5.74) is 32.2. The van der Waals surface area contributed by atoms with Crippen LogP contribution in [0, 0.1) is 13.8 Å². The van der Waals surface area contributed by atoms with Gasteiger partial charge < -0.3 is 38.9 Å². The number of aromatic amines is 4. The zero-order valence-electron chi connectivity index (χ0n) is 59.0. The first-order valence-corrected chi connectivity index (χ1v) is 34.8. The lowest BCUT2D eigenvalue weighted by Crippen LogP contribution is -1.93. The van der Waals surface area contributed by atoms with E-state index in [-0.39, 0.29) is 0 Å². The van der Waals surface area contributed by atoms with Gasteiger partial charge in [0.15, 0.2) is 0 Å². The van der Waals surface area contributed by atoms with Crippen LogP contribution in [0.1, 0.15) is 121 Å². The normalized spacial score (nSPS) is 12.2. The predicted molar refractivity (Wildman–Crippen MR) is 429 cm³/mol. The lowest BCUT2D eigenvalue weighted by Gasteiger charge is -2.09. The molecule has 102 heavy (non-hydrogen) atoms. The van der Waals surface area contributed by atoms with Crippen LogP contribution in [0.3, 0.4) is 0 Å². The molecule has 10 heterocycles. The molecule has 12 heteroatoms. The summed E-state index contributed by atoms with van der Waals surface area (Å²) in [4.78, 5) is 36.1. The molecule has 0 saturated heterocycles. The Morgan fingerprint density at radius 2 is 0.608 bits per heavy atom. The molecule has 0 aliphatic carbocycles. The molecule has 4 N–H and O–H groups in total. The monoisotopic (exact) mass is 1340 g/mol. The fraction of sp³-hybridized carbons (Fsp3) is 0.156. The minimum Gasteiger partial charge on any atom is -0.490 e. The average Bonchev–Trinajstić information content (AvgIpc) is 1.58. The van der Waals surface area contributed by atoms with Crippen LogP contribution < -0.4 is 18.9 Å². The molecule has 4 aromatic carbocycles. The molecule has 0 amide bonds. The number of aromatic nitrogens is 8. The van der Waals surface area contributed by atoms with Crippen molar-refractivity contribution in [3.8, 4) is 67.5 Å². The first-order chi connectivity index (χ1) is 49.8. The van der Waals surface area contributed by atoms with Gasteiger partial charge in [-0.25, -0.2) is 19.9 Å². The third-order valence-electron chi connectivity index (χ3n) is 18.8. The van der Waals surface area contributed by atoms with Gasteiger partial charge in [0.1, 0.15) is 49.4 Å². The first-order valence-electron chi connectivity index (χ1n) is 34.8. The Morgan fingerprint density at radius 1 is 0.324 bits per heavy atom. The van der Waals surface area contributed by atoms with Gasteiger partial charge in [0.2, 0.25) is 0 Å². The van der Waals surface area contributed by atoms with Crippen molar-refractivity contribution in [2.24, 2.45) is 0 Å². The van der Waals surface area contributed by atoms with Gasteiger partial charge in [0.25, 0.3) is 0 Å². The molecule has 0 atom stereocenters. The second kappa shape index (κ2) is 30.5. The van der Waals surface area contributed by atoms with Gasteiger partial charge in [-0.3, -0.25) is 0 Å². The summed E-state index contributed by atoms with van der Waals surface area (Å²) in [6.45, 7) is 38.2. The Bertz CT molecular complexity index is 5040. The Hall–Kier alpha value is -12.3. The minimum absolute atomic E-state index is 0.415. The number of benzene rings is 4. The second-order valence-corrected chi connectivity index (χ2v) is 25.4. The maximum Gasteiger partial charge on any atom is 0.119 e. The molecule has 16 bridgehead atoms. The molecule has 4 aliphatic rings. The van der Waals surface area contributed by atoms with Crippen LogP contribution in [-0.4, -0.2) is 66.3 Å². The van der Waals surface area contributed by atoms with Crippen molar-refractivity contribution >= 4 is 103 Å². The van der Waals surface area contributed by atoms with Crippen molar-refractivity contribution in [3.63, 3.8) is 0 Å². The van der Waals surface area contributed by atoms with Gasteiger partial charge in [-0.2, -0.15) is 0 Å². The lowest BCUT2D eigenvalue weighted by atomic mass is 9.99. The molecule has 10 aromatic rings. The molecular formula is C90H84N8O4. The molecule has 0 unspecified atom stereocenters. The van der Waals surface area contributed by atoms with E-state index in [2.05, 4.69) is 222 Å². The standard InChI is InChI=1S/C56H46N4O4.C34H38N4/c1-5-33-61-41-17-9-37(10-18-41)53-45-25-27-47(57-45)54(38-11-19-42(20-12-38)62-34-6-2)49-29-31-51(59-49)56(40-15-23-44(24-16-40)64-36-8-4)52-32-30-50(60-52)55(48-28-26-46(53)58-48)39-13-21-43(22-14-39)63-35-7-3;1-9-13-25-21(7)28-15-27-19(5)23(11-3)31(35-27)16-29-20(6)24(12-4)32(36-29)17-30-22(8)26(14-10-2)34(38-30)18-33(25)37-28/h5-32,57,60H,1-4,33-36H2;11-12,15-18,35-36H,3-4,9-10,13-14H2,1-2,5-8H3. The number of fused-ring (bicyclic) bond motifs is 16. The number of nitrogens with one attached hydrogen (secondary N) is 4. The van der Waals surface area contributed by atoms with Crippen molar-refractivity contribution in [3.05, 3.63) is 277 Å². The summed E-state index contributed by atoms with van der Waals surface area (Å²) in [5, 5.41) is 0. The highest BCUT2D eigenvalue weighted by molar-refractivity contribution is 6.01. The van der Waals surface area contributed by atoms with Gasteiger partial charge in [-0.05, 0) is 218 Å². The summed E-state index contributed by atoms with van der Waals surface area (Å²) in [6, 6.07) is 49.6. The van der Waals surface area contributed by atoms with E-state index < -0.39 is 0 Å². The smallest absolute Gasteiger partial charge is 0.119 e. The number of nitrogens with zero attached hydrogens (tertiary/aromatic N) is 4. The second-order valence-electron chi connectivity index (χ2n) is 25.4.